The smallest absolute Gasteiger partial charge is 0.306 e. The zero-order valence-corrected chi connectivity index (χ0v) is 14.5. The number of nitrogens with two attached hydrogens (primary N) is 1. The summed E-state index contributed by atoms with van der Waals surface area (Å²) in [6, 6.07) is 12.3. The van der Waals surface area contributed by atoms with E-state index in [1.165, 1.54) is 10.7 Å². The molecule has 3 aromatic rings. The van der Waals surface area contributed by atoms with Gasteiger partial charge in [0.2, 0.25) is 16.9 Å². The van der Waals surface area contributed by atoms with E-state index >= 15 is 0 Å². The minimum Gasteiger partial charge on any atom is -0.335 e. The summed E-state index contributed by atoms with van der Waals surface area (Å²) in [6.45, 7) is 0. The highest BCUT2D eigenvalue weighted by Crippen LogP contribution is 2.23. The molecule has 138 valence electrons. The van der Waals surface area contributed by atoms with E-state index in [9.17, 15) is 19.3 Å². The van der Waals surface area contributed by atoms with Gasteiger partial charge in [-0.05, 0) is 12.1 Å². The molecule has 1 aromatic heterocycles. The van der Waals surface area contributed by atoms with Gasteiger partial charge in [-0.25, -0.2) is 4.68 Å². The van der Waals surface area contributed by atoms with Crippen LogP contribution < -0.4 is 11.2 Å². The number of hydrogen-bond donors (Lipinski definition) is 2. The van der Waals surface area contributed by atoms with Crippen LogP contribution in [0.2, 0.25) is 0 Å². The molecule has 0 aliphatic heterocycles. The molecule has 27 heavy (non-hydrogen) atoms. The van der Waals surface area contributed by atoms with Crippen molar-refractivity contribution >= 4 is 29.0 Å². The fourth-order valence-corrected chi connectivity index (χ4v) is 2.87. The number of carbonyl (C=O) groups excluding carboxylic acids is 1. The number of nitrogens with one attached hydrogen (secondary N) is 1. The summed E-state index contributed by atoms with van der Waals surface area (Å²) in [5.74, 6) is 4.93. The Morgan fingerprint density at radius 3 is 2.70 bits per heavy atom. The van der Waals surface area contributed by atoms with E-state index in [-0.39, 0.29) is 11.4 Å². The van der Waals surface area contributed by atoms with Crippen molar-refractivity contribution in [2.24, 2.45) is 0 Å². The first kappa shape index (κ1) is 18.3. The number of nitro benzene ring substituents is 1. The van der Waals surface area contributed by atoms with Gasteiger partial charge in [0, 0.05) is 17.3 Å². The van der Waals surface area contributed by atoms with Crippen molar-refractivity contribution in [3.63, 3.8) is 0 Å². The molecule has 9 nitrogen and oxygen atoms in total. The summed E-state index contributed by atoms with van der Waals surface area (Å²) in [5, 5.41) is 21.5. The number of nitrogens with zero attached hydrogens (tertiary/aromatic N) is 4. The predicted octanol–water partition coefficient (Wildman–Crippen LogP) is 2.44. The van der Waals surface area contributed by atoms with Crippen molar-refractivity contribution in [1.29, 1.82) is 0 Å². The number of rotatable bonds is 6. The van der Waals surface area contributed by atoms with Gasteiger partial charge in [0.25, 0.3) is 0 Å². The van der Waals surface area contributed by atoms with Crippen molar-refractivity contribution in [2.75, 3.05) is 16.9 Å². The zero-order valence-electron chi connectivity index (χ0n) is 13.7. The maximum absolute atomic E-state index is 13.3. The highest BCUT2D eigenvalue weighted by atomic mass is 32.2. The monoisotopic (exact) mass is 388 g/mol. The molecular weight excluding hydrogens is 375 g/mol. The number of carbonyl (C=O) groups is 1. The summed E-state index contributed by atoms with van der Waals surface area (Å²) in [6.07, 6.45) is 0. The van der Waals surface area contributed by atoms with Gasteiger partial charge in [0.05, 0.1) is 10.7 Å². The van der Waals surface area contributed by atoms with Crippen LogP contribution in [0.1, 0.15) is 0 Å². The van der Waals surface area contributed by atoms with Gasteiger partial charge >= 0.3 is 5.69 Å². The summed E-state index contributed by atoms with van der Waals surface area (Å²) >= 11 is 1.05. The van der Waals surface area contributed by atoms with E-state index in [2.05, 4.69) is 15.5 Å². The van der Waals surface area contributed by atoms with Crippen LogP contribution in [0.3, 0.4) is 0 Å². The number of anilines is 1. The maximum atomic E-state index is 13.3. The van der Waals surface area contributed by atoms with Crippen LogP contribution in [0.15, 0.2) is 53.7 Å². The first-order valence-electron chi connectivity index (χ1n) is 7.58. The molecule has 3 rings (SSSR count). The van der Waals surface area contributed by atoms with Crippen LogP contribution in [-0.4, -0.2) is 31.5 Å². The molecule has 1 amide bonds. The van der Waals surface area contributed by atoms with Crippen molar-refractivity contribution < 1.29 is 14.1 Å². The Morgan fingerprint density at radius 1 is 1.26 bits per heavy atom. The SMILES string of the molecule is Nn1c(SCC(=O)Nc2ccc(F)c([N+](=O)[O-])c2)nnc1-c1ccccc1. The Labute approximate surface area is 156 Å². The maximum Gasteiger partial charge on any atom is 0.306 e. The van der Waals surface area contributed by atoms with E-state index in [0.29, 0.717) is 11.0 Å². The second-order valence-electron chi connectivity index (χ2n) is 5.30. The quantitative estimate of drug-likeness (QED) is 0.287. The van der Waals surface area contributed by atoms with Crippen LogP contribution in [0.4, 0.5) is 15.8 Å². The lowest BCUT2D eigenvalue weighted by Crippen LogP contribution is -2.16. The van der Waals surface area contributed by atoms with Crippen molar-refractivity contribution in [3.05, 3.63) is 64.5 Å². The lowest BCUT2D eigenvalue weighted by molar-refractivity contribution is -0.387. The lowest BCUT2D eigenvalue weighted by Gasteiger charge is -2.06. The van der Waals surface area contributed by atoms with E-state index in [4.69, 9.17) is 5.84 Å². The minimum atomic E-state index is -0.975. The first-order valence-corrected chi connectivity index (χ1v) is 8.57. The molecule has 0 atom stereocenters. The molecular formula is C16H13FN6O3S. The molecule has 0 radical (unpaired) electrons. The zero-order chi connectivity index (χ0) is 19.4. The van der Waals surface area contributed by atoms with Crippen molar-refractivity contribution in [1.82, 2.24) is 14.9 Å². The molecule has 0 spiro atoms. The first-order chi connectivity index (χ1) is 13.0. The standard InChI is InChI=1S/C16H13FN6O3S/c17-12-7-6-11(8-13(12)23(25)26)19-14(24)9-27-16-21-20-15(22(16)18)10-4-2-1-3-5-10/h1-8H,9,18H2,(H,19,24). The van der Waals surface area contributed by atoms with E-state index in [1.54, 1.807) is 0 Å². The van der Waals surface area contributed by atoms with Gasteiger partial charge in [-0.3, -0.25) is 14.9 Å². The van der Waals surface area contributed by atoms with Crippen molar-refractivity contribution in [3.8, 4) is 11.4 Å². The number of aromatic nitrogens is 3. The Hall–Kier alpha value is -3.47. The molecule has 0 saturated heterocycles. The molecule has 0 unspecified atom stereocenters. The number of amides is 1. The minimum absolute atomic E-state index is 0.0602. The molecule has 0 bridgehead atoms. The Bertz CT molecular complexity index is 995. The fourth-order valence-electron chi connectivity index (χ4n) is 2.22. The van der Waals surface area contributed by atoms with E-state index < -0.39 is 22.3 Å². The Morgan fingerprint density at radius 2 is 2.00 bits per heavy atom. The van der Waals surface area contributed by atoms with Gasteiger partial charge in [0.15, 0.2) is 5.82 Å². The average molecular weight is 388 g/mol. The molecule has 0 fully saturated rings. The average Bonchev–Trinajstić information content (AvgIpc) is 3.02. The topological polar surface area (TPSA) is 129 Å². The van der Waals surface area contributed by atoms with Gasteiger partial charge in [-0.1, -0.05) is 42.1 Å². The van der Waals surface area contributed by atoms with Crippen LogP contribution in [-0.2, 0) is 4.79 Å². The fraction of sp³-hybridized carbons (Fsp3) is 0.0625. The van der Waals surface area contributed by atoms with Gasteiger partial charge in [-0.2, -0.15) is 4.39 Å². The molecule has 11 heteroatoms. The van der Waals surface area contributed by atoms with E-state index in [0.717, 1.165) is 29.5 Å². The molecule has 2 aromatic carbocycles. The van der Waals surface area contributed by atoms with E-state index in [1.807, 2.05) is 30.3 Å². The highest BCUT2D eigenvalue weighted by Gasteiger charge is 2.17. The Balaban J connectivity index is 1.64. The molecule has 1 heterocycles. The normalized spacial score (nSPS) is 10.6. The van der Waals surface area contributed by atoms with Gasteiger partial charge < -0.3 is 11.2 Å². The van der Waals surface area contributed by atoms with Crippen molar-refractivity contribution in [2.45, 2.75) is 5.16 Å². The second-order valence-corrected chi connectivity index (χ2v) is 6.24. The number of hydrogen-bond acceptors (Lipinski definition) is 7. The summed E-state index contributed by atoms with van der Waals surface area (Å²) in [4.78, 5) is 21.9. The van der Waals surface area contributed by atoms with Crippen LogP contribution in [0, 0.1) is 15.9 Å². The summed E-state index contributed by atoms with van der Waals surface area (Å²) in [7, 11) is 0. The number of nitrogen functional groups attached to an aromatic ring is 1. The summed E-state index contributed by atoms with van der Waals surface area (Å²) in [5.41, 5.74) is 0.185. The third-order valence-electron chi connectivity index (χ3n) is 3.46. The van der Waals surface area contributed by atoms with Gasteiger partial charge in [-0.15, -0.1) is 10.2 Å². The van der Waals surface area contributed by atoms with Gasteiger partial charge in [0.1, 0.15) is 0 Å². The second kappa shape index (κ2) is 7.83. The van der Waals surface area contributed by atoms with Crippen LogP contribution in [0.5, 0.6) is 0 Å². The summed E-state index contributed by atoms with van der Waals surface area (Å²) < 4.78 is 14.6. The van der Waals surface area contributed by atoms with Crippen LogP contribution in [0.25, 0.3) is 11.4 Å². The molecule has 0 saturated carbocycles. The largest absolute Gasteiger partial charge is 0.335 e. The Kier molecular flexibility index (Phi) is 5.31. The number of thioether (sulfide) groups is 1. The number of halogens is 1. The predicted molar refractivity (Wildman–Crippen MR) is 98.0 cm³/mol. The number of benzene rings is 2. The lowest BCUT2D eigenvalue weighted by atomic mass is 10.2. The molecule has 3 N–H and O–H groups in total. The third kappa shape index (κ3) is 4.20. The number of nitro groups is 1. The third-order valence-corrected chi connectivity index (χ3v) is 4.40. The van der Waals surface area contributed by atoms with Crippen LogP contribution >= 0.6 is 11.8 Å². The highest BCUT2D eigenvalue weighted by molar-refractivity contribution is 7.99. The molecule has 0 aliphatic rings. The molecule has 0 aliphatic carbocycles.